The molecule has 2 aliphatic heterocycles. The molecule has 0 bridgehead atoms. The van der Waals surface area contributed by atoms with E-state index in [1.165, 1.54) is 12.1 Å². The lowest BCUT2D eigenvalue weighted by Crippen LogP contribution is -2.43. The minimum atomic E-state index is -4.79. The van der Waals surface area contributed by atoms with Crippen LogP contribution in [0.5, 0.6) is 11.5 Å². The molecular weight excluding hydrogens is 449 g/mol. The van der Waals surface area contributed by atoms with Gasteiger partial charge in [0.25, 0.3) is 5.91 Å². The Morgan fingerprint density at radius 3 is 2.79 bits per heavy atom. The molecule has 3 N–H and O–H groups in total. The van der Waals surface area contributed by atoms with Gasteiger partial charge in [-0.1, -0.05) is 17.9 Å². The van der Waals surface area contributed by atoms with Crippen molar-refractivity contribution in [2.45, 2.75) is 19.4 Å². The fourth-order valence-electron chi connectivity index (χ4n) is 3.69. The highest BCUT2D eigenvalue weighted by molar-refractivity contribution is 5.96. The highest BCUT2D eigenvalue weighted by atomic mass is 19.4. The van der Waals surface area contributed by atoms with Crippen molar-refractivity contribution in [3.63, 3.8) is 0 Å². The Morgan fingerprint density at radius 1 is 1.24 bits per heavy atom. The summed E-state index contributed by atoms with van der Waals surface area (Å²) in [6.07, 6.45) is -5.66. The molecule has 7 nitrogen and oxygen atoms in total. The number of fused-ring (bicyclic) bond motifs is 1. The molecular formula is C24H25F3N4O3. The van der Waals surface area contributed by atoms with Gasteiger partial charge in [0.1, 0.15) is 11.5 Å². The lowest BCUT2D eigenvalue weighted by Gasteiger charge is -2.27. The van der Waals surface area contributed by atoms with Gasteiger partial charge in [-0.05, 0) is 36.8 Å². The predicted octanol–water partition coefficient (Wildman–Crippen LogP) is 2.96. The molecule has 4 rings (SSSR count). The Bertz CT molecular complexity index is 1100. The number of anilines is 2. The number of rotatable bonds is 4. The molecule has 2 aromatic rings. The molecule has 0 saturated carbocycles. The van der Waals surface area contributed by atoms with Crippen LogP contribution in [0.25, 0.3) is 0 Å². The second-order valence-electron chi connectivity index (χ2n) is 8.06. The van der Waals surface area contributed by atoms with Crippen LogP contribution in [-0.4, -0.2) is 62.5 Å². The van der Waals surface area contributed by atoms with Gasteiger partial charge in [0, 0.05) is 37.8 Å². The van der Waals surface area contributed by atoms with Crippen molar-refractivity contribution in [2.24, 2.45) is 0 Å². The van der Waals surface area contributed by atoms with Crippen LogP contribution >= 0.6 is 0 Å². The van der Waals surface area contributed by atoms with E-state index in [-0.39, 0.29) is 24.0 Å². The first-order valence-electron chi connectivity index (χ1n) is 10.9. The van der Waals surface area contributed by atoms with Crippen molar-refractivity contribution >= 4 is 17.3 Å². The van der Waals surface area contributed by atoms with Crippen LogP contribution in [0.4, 0.5) is 24.5 Å². The number of hydrogen-bond donors (Lipinski definition) is 3. The number of amides is 1. The number of carbonyl (C=O) groups excluding carboxylic acids is 1. The maximum absolute atomic E-state index is 12.9. The lowest BCUT2D eigenvalue weighted by atomic mass is 10.1. The first kappa shape index (κ1) is 23.7. The van der Waals surface area contributed by atoms with Crippen molar-refractivity contribution in [2.75, 3.05) is 49.9 Å². The maximum Gasteiger partial charge on any atom is 0.573 e. The van der Waals surface area contributed by atoms with Crippen LogP contribution in [-0.2, 0) is 4.79 Å². The normalized spacial score (nSPS) is 17.9. The lowest BCUT2D eigenvalue weighted by molar-refractivity contribution is -0.274. The van der Waals surface area contributed by atoms with E-state index in [0.29, 0.717) is 23.5 Å². The zero-order valence-electron chi connectivity index (χ0n) is 18.6. The van der Waals surface area contributed by atoms with E-state index >= 15 is 0 Å². The standard InChI is InChI=1S/C24H25F3N4O3/c1-16-4-6-19(17(13-16)3-2-10-31-11-8-28-9-12-31)30-23(32)22-15-29-20-14-18(34-24(25,26)27)5-7-21(20)33-22/h4-7,13-14,22,28-29H,8-12,15H2,1H3,(H,30,32). The zero-order chi connectivity index (χ0) is 24.1. The molecule has 1 saturated heterocycles. The van der Waals surface area contributed by atoms with E-state index < -0.39 is 12.5 Å². The van der Waals surface area contributed by atoms with Gasteiger partial charge in [0.15, 0.2) is 6.10 Å². The number of halogens is 3. The van der Waals surface area contributed by atoms with E-state index in [4.69, 9.17) is 4.74 Å². The molecule has 1 fully saturated rings. The summed E-state index contributed by atoms with van der Waals surface area (Å²) < 4.78 is 46.9. The van der Waals surface area contributed by atoms with Gasteiger partial charge in [-0.15, -0.1) is 13.2 Å². The Balaban J connectivity index is 1.41. The average molecular weight is 474 g/mol. The number of nitrogens with one attached hydrogen (secondary N) is 3. The Morgan fingerprint density at radius 2 is 2.03 bits per heavy atom. The van der Waals surface area contributed by atoms with Crippen molar-refractivity contribution in [3.05, 3.63) is 47.5 Å². The van der Waals surface area contributed by atoms with Gasteiger partial charge in [-0.2, -0.15) is 0 Å². The molecule has 0 aliphatic carbocycles. The van der Waals surface area contributed by atoms with Gasteiger partial charge in [-0.3, -0.25) is 9.69 Å². The maximum atomic E-state index is 12.9. The smallest absolute Gasteiger partial charge is 0.477 e. The number of ether oxygens (including phenoxy) is 2. The summed E-state index contributed by atoms with van der Waals surface area (Å²) in [6, 6.07) is 9.25. The second-order valence-corrected chi connectivity index (χ2v) is 8.06. The number of aryl methyl sites for hydroxylation is 1. The first-order chi connectivity index (χ1) is 16.3. The Labute approximate surface area is 195 Å². The van der Waals surface area contributed by atoms with Gasteiger partial charge in [0.05, 0.1) is 24.5 Å². The third-order valence-electron chi connectivity index (χ3n) is 5.39. The number of carbonyl (C=O) groups is 1. The fourth-order valence-corrected chi connectivity index (χ4v) is 3.69. The van der Waals surface area contributed by atoms with Crippen molar-refractivity contribution in [1.82, 2.24) is 10.2 Å². The summed E-state index contributed by atoms with van der Waals surface area (Å²) in [6.45, 7) is 6.48. The molecule has 180 valence electrons. The summed E-state index contributed by atoms with van der Waals surface area (Å²) in [5.41, 5.74) is 2.62. The van der Waals surface area contributed by atoms with Gasteiger partial charge in [-0.25, -0.2) is 0 Å². The van der Waals surface area contributed by atoms with Crippen molar-refractivity contribution < 1.29 is 27.4 Å². The molecule has 1 amide bonds. The minimum absolute atomic E-state index is 0.0875. The summed E-state index contributed by atoms with van der Waals surface area (Å²) >= 11 is 0. The number of benzene rings is 2. The van der Waals surface area contributed by atoms with Crippen LogP contribution < -0.4 is 25.4 Å². The average Bonchev–Trinajstić information content (AvgIpc) is 2.80. The topological polar surface area (TPSA) is 74.9 Å². The van der Waals surface area contributed by atoms with Crippen LogP contribution in [0.1, 0.15) is 11.1 Å². The molecule has 2 aromatic carbocycles. The van der Waals surface area contributed by atoms with E-state index in [0.717, 1.165) is 37.8 Å². The quantitative estimate of drug-likeness (QED) is 0.592. The van der Waals surface area contributed by atoms with E-state index in [1.54, 1.807) is 6.07 Å². The van der Waals surface area contributed by atoms with Crippen LogP contribution in [0, 0.1) is 18.8 Å². The third kappa shape index (κ3) is 6.34. The second kappa shape index (κ2) is 10.2. The number of alkyl halides is 3. The van der Waals surface area contributed by atoms with Crippen LogP contribution in [0.3, 0.4) is 0 Å². The van der Waals surface area contributed by atoms with Crippen LogP contribution in [0.2, 0.25) is 0 Å². The molecule has 0 radical (unpaired) electrons. The molecule has 0 aromatic heterocycles. The summed E-state index contributed by atoms with van der Waals surface area (Å²) in [5.74, 6) is 5.86. The van der Waals surface area contributed by atoms with E-state index in [2.05, 4.69) is 37.4 Å². The van der Waals surface area contributed by atoms with E-state index in [9.17, 15) is 18.0 Å². The zero-order valence-corrected chi connectivity index (χ0v) is 18.6. The molecule has 2 aliphatic rings. The van der Waals surface area contributed by atoms with Crippen LogP contribution in [0.15, 0.2) is 36.4 Å². The molecule has 1 unspecified atom stereocenters. The highest BCUT2D eigenvalue weighted by Gasteiger charge is 2.32. The monoisotopic (exact) mass is 474 g/mol. The summed E-state index contributed by atoms with van der Waals surface area (Å²) in [5, 5.41) is 9.10. The van der Waals surface area contributed by atoms with Gasteiger partial charge >= 0.3 is 6.36 Å². The number of hydrogen-bond acceptors (Lipinski definition) is 6. The Hall–Kier alpha value is -3.42. The number of nitrogens with zero attached hydrogens (tertiary/aromatic N) is 1. The molecule has 10 heteroatoms. The van der Waals surface area contributed by atoms with Crippen molar-refractivity contribution in [3.8, 4) is 23.3 Å². The molecule has 2 heterocycles. The minimum Gasteiger partial charge on any atom is -0.477 e. The van der Waals surface area contributed by atoms with Gasteiger partial charge in [0.2, 0.25) is 0 Å². The summed E-state index contributed by atoms with van der Waals surface area (Å²) in [4.78, 5) is 15.1. The first-order valence-corrected chi connectivity index (χ1v) is 10.9. The Kier molecular flexibility index (Phi) is 7.14. The molecule has 1 atom stereocenters. The fraction of sp³-hybridized carbons (Fsp3) is 0.375. The highest BCUT2D eigenvalue weighted by Crippen LogP contribution is 2.35. The largest absolute Gasteiger partial charge is 0.573 e. The molecule has 0 spiro atoms. The number of piperazine rings is 1. The van der Waals surface area contributed by atoms with Crippen molar-refractivity contribution in [1.29, 1.82) is 0 Å². The summed E-state index contributed by atoms with van der Waals surface area (Å²) in [7, 11) is 0. The SMILES string of the molecule is Cc1ccc(NC(=O)C2CNc3cc(OC(F)(F)F)ccc3O2)c(C#CCN2CCNCC2)c1. The predicted molar refractivity (Wildman–Crippen MR) is 122 cm³/mol. The van der Waals surface area contributed by atoms with Gasteiger partial charge < -0.3 is 25.4 Å². The van der Waals surface area contributed by atoms with E-state index in [1.807, 2.05) is 19.1 Å². The molecule has 34 heavy (non-hydrogen) atoms. The third-order valence-corrected chi connectivity index (χ3v) is 5.39.